The average Bonchev–Trinajstić information content (AvgIpc) is 3.78. The third-order valence-corrected chi connectivity index (χ3v) is 10.4. The maximum atomic E-state index is 6.70. The topological polar surface area (TPSA) is 56.7 Å². The van der Waals surface area contributed by atoms with E-state index in [4.69, 9.17) is 19.4 Å². The molecule has 3 aromatic heterocycles. The first kappa shape index (κ1) is 30.3. The van der Waals surface area contributed by atoms with Crippen molar-refractivity contribution in [3.8, 4) is 51.0 Å². The predicted molar refractivity (Wildman–Crippen MR) is 221 cm³/mol. The van der Waals surface area contributed by atoms with Crippen LogP contribution in [0.25, 0.3) is 105 Å². The minimum absolute atomic E-state index is 0.556. The molecular weight excluding hydrogens is 661 g/mol. The standard InChI is InChI=1S/C49H30N4O/c1-3-13-32(14-4-1)47-50-48(33-15-5-2-6-16-33)52-49(51-47)45-37(27-28-40-39-20-10-12-22-44(39)54-46(40)45)31-23-25-36(26-24-31)53-42-21-11-9-19-38(42)41-29-34-17-7-8-18-35(34)30-43(41)53/h1-30H. The number of aromatic nitrogens is 4. The number of benzene rings is 8. The van der Waals surface area contributed by atoms with Crippen molar-refractivity contribution in [2.24, 2.45) is 0 Å². The Kier molecular flexibility index (Phi) is 6.79. The van der Waals surface area contributed by atoms with Gasteiger partial charge in [-0.05, 0) is 64.4 Å². The van der Waals surface area contributed by atoms with E-state index in [-0.39, 0.29) is 0 Å². The summed E-state index contributed by atoms with van der Waals surface area (Å²) < 4.78 is 9.07. The van der Waals surface area contributed by atoms with Crippen LogP contribution < -0.4 is 0 Å². The largest absolute Gasteiger partial charge is 0.455 e. The molecule has 0 bridgehead atoms. The van der Waals surface area contributed by atoms with Gasteiger partial charge in [0, 0.05) is 38.4 Å². The highest BCUT2D eigenvalue weighted by Crippen LogP contribution is 2.42. The van der Waals surface area contributed by atoms with Crippen LogP contribution in [0.1, 0.15) is 0 Å². The summed E-state index contributed by atoms with van der Waals surface area (Å²) in [7, 11) is 0. The highest BCUT2D eigenvalue weighted by Gasteiger charge is 2.22. The van der Waals surface area contributed by atoms with Crippen molar-refractivity contribution in [2.75, 3.05) is 0 Å². The smallest absolute Gasteiger partial charge is 0.168 e. The van der Waals surface area contributed by atoms with Crippen LogP contribution in [0, 0.1) is 0 Å². The molecule has 0 unspecified atom stereocenters. The van der Waals surface area contributed by atoms with Gasteiger partial charge in [-0.3, -0.25) is 0 Å². The summed E-state index contributed by atoms with van der Waals surface area (Å²) in [4.78, 5) is 15.3. The van der Waals surface area contributed by atoms with Crippen LogP contribution in [-0.2, 0) is 0 Å². The Morgan fingerprint density at radius 2 is 0.981 bits per heavy atom. The van der Waals surface area contributed by atoms with Gasteiger partial charge in [0.15, 0.2) is 17.5 Å². The molecule has 0 atom stereocenters. The normalized spacial score (nSPS) is 11.7. The van der Waals surface area contributed by atoms with E-state index in [1.807, 2.05) is 78.9 Å². The van der Waals surface area contributed by atoms with Crippen molar-refractivity contribution in [1.29, 1.82) is 0 Å². The molecule has 0 fully saturated rings. The molecule has 5 heteroatoms. The SMILES string of the molecule is c1ccc(-c2nc(-c3ccccc3)nc(-c3c(-c4ccc(-n5c6ccccc6c6cc7ccccc7cc65)cc4)ccc4c3oc3ccccc34)n2)cc1. The number of hydrogen-bond donors (Lipinski definition) is 0. The van der Waals surface area contributed by atoms with Crippen LogP contribution in [0.4, 0.5) is 0 Å². The van der Waals surface area contributed by atoms with Crippen LogP contribution in [0.5, 0.6) is 0 Å². The summed E-state index contributed by atoms with van der Waals surface area (Å²) in [6.45, 7) is 0. The Bertz CT molecular complexity index is 3140. The minimum Gasteiger partial charge on any atom is -0.455 e. The second-order valence-electron chi connectivity index (χ2n) is 13.6. The molecule has 0 N–H and O–H groups in total. The molecule has 0 radical (unpaired) electrons. The molecule has 0 aliphatic carbocycles. The first-order chi connectivity index (χ1) is 26.8. The third kappa shape index (κ3) is 4.83. The fourth-order valence-corrected chi connectivity index (χ4v) is 7.90. The van der Waals surface area contributed by atoms with E-state index in [1.54, 1.807) is 0 Å². The van der Waals surface area contributed by atoms with Crippen molar-refractivity contribution in [3.05, 3.63) is 182 Å². The molecule has 0 saturated carbocycles. The maximum absolute atomic E-state index is 6.70. The van der Waals surface area contributed by atoms with Crippen molar-refractivity contribution in [3.63, 3.8) is 0 Å². The quantitative estimate of drug-likeness (QED) is 0.180. The van der Waals surface area contributed by atoms with Gasteiger partial charge in [0.2, 0.25) is 0 Å². The van der Waals surface area contributed by atoms with Crippen molar-refractivity contribution >= 4 is 54.5 Å². The fraction of sp³-hybridized carbons (Fsp3) is 0. The Balaban J connectivity index is 1.14. The van der Waals surface area contributed by atoms with Gasteiger partial charge in [-0.2, -0.15) is 0 Å². The zero-order valence-electron chi connectivity index (χ0n) is 29.0. The van der Waals surface area contributed by atoms with Crippen molar-refractivity contribution < 1.29 is 4.42 Å². The van der Waals surface area contributed by atoms with Gasteiger partial charge in [0.25, 0.3) is 0 Å². The summed E-state index contributed by atoms with van der Waals surface area (Å²) in [5.41, 5.74) is 9.68. The predicted octanol–water partition coefficient (Wildman–Crippen LogP) is 12.7. The highest BCUT2D eigenvalue weighted by atomic mass is 16.3. The van der Waals surface area contributed by atoms with Gasteiger partial charge in [-0.25, -0.2) is 15.0 Å². The first-order valence-electron chi connectivity index (χ1n) is 18.1. The molecule has 8 aromatic carbocycles. The molecule has 11 rings (SSSR count). The molecule has 5 nitrogen and oxygen atoms in total. The van der Waals surface area contributed by atoms with Gasteiger partial charge in [-0.1, -0.05) is 140 Å². The van der Waals surface area contributed by atoms with Crippen LogP contribution in [0.2, 0.25) is 0 Å². The molecule has 0 amide bonds. The van der Waals surface area contributed by atoms with Crippen LogP contribution in [0.3, 0.4) is 0 Å². The molecule has 0 spiro atoms. The second-order valence-corrected chi connectivity index (χ2v) is 13.6. The molecule has 0 saturated heterocycles. The summed E-state index contributed by atoms with van der Waals surface area (Å²) in [5.74, 6) is 1.77. The number of para-hydroxylation sites is 2. The lowest BCUT2D eigenvalue weighted by Gasteiger charge is -2.14. The van der Waals surface area contributed by atoms with Gasteiger partial charge in [0.05, 0.1) is 16.6 Å². The average molecular weight is 691 g/mol. The van der Waals surface area contributed by atoms with E-state index in [9.17, 15) is 0 Å². The van der Waals surface area contributed by atoms with E-state index >= 15 is 0 Å². The molecule has 252 valence electrons. The molecule has 0 aliphatic rings. The molecule has 54 heavy (non-hydrogen) atoms. The Hall–Kier alpha value is -7.37. The van der Waals surface area contributed by atoms with Gasteiger partial charge in [-0.15, -0.1) is 0 Å². The van der Waals surface area contributed by atoms with E-state index in [1.165, 1.54) is 32.6 Å². The van der Waals surface area contributed by atoms with Gasteiger partial charge in [0.1, 0.15) is 11.2 Å². The summed E-state index contributed by atoms with van der Waals surface area (Å²) in [6, 6.07) is 63.3. The van der Waals surface area contributed by atoms with Gasteiger partial charge >= 0.3 is 0 Å². The van der Waals surface area contributed by atoms with E-state index in [0.717, 1.165) is 55.4 Å². The highest BCUT2D eigenvalue weighted by molar-refractivity contribution is 6.14. The number of nitrogens with zero attached hydrogens (tertiary/aromatic N) is 4. The Morgan fingerprint density at radius 1 is 0.389 bits per heavy atom. The number of hydrogen-bond acceptors (Lipinski definition) is 4. The van der Waals surface area contributed by atoms with Crippen molar-refractivity contribution in [1.82, 2.24) is 19.5 Å². The zero-order valence-corrected chi connectivity index (χ0v) is 29.0. The first-order valence-corrected chi connectivity index (χ1v) is 18.1. The van der Waals surface area contributed by atoms with Crippen LogP contribution in [0.15, 0.2) is 186 Å². The molecule has 3 heterocycles. The Labute approximate surface area is 310 Å². The minimum atomic E-state index is 0.556. The molecular formula is C49H30N4O. The van der Waals surface area contributed by atoms with Gasteiger partial charge < -0.3 is 8.98 Å². The maximum Gasteiger partial charge on any atom is 0.168 e. The number of furan rings is 1. The van der Waals surface area contributed by atoms with E-state index < -0.39 is 0 Å². The number of fused-ring (bicyclic) bond motifs is 7. The van der Waals surface area contributed by atoms with Crippen molar-refractivity contribution in [2.45, 2.75) is 0 Å². The summed E-state index contributed by atoms with van der Waals surface area (Å²) in [6.07, 6.45) is 0. The molecule has 11 aromatic rings. The number of rotatable bonds is 5. The molecule has 0 aliphatic heterocycles. The summed E-state index contributed by atoms with van der Waals surface area (Å²) in [5, 5.41) is 7.00. The second kappa shape index (κ2) is 12.1. The Morgan fingerprint density at radius 3 is 1.70 bits per heavy atom. The van der Waals surface area contributed by atoms with Crippen LogP contribution >= 0.6 is 0 Å². The van der Waals surface area contributed by atoms with Crippen LogP contribution in [-0.4, -0.2) is 19.5 Å². The fourth-order valence-electron chi connectivity index (χ4n) is 7.90. The lowest BCUT2D eigenvalue weighted by atomic mass is 9.96. The zero-order chi connectivity index (χ0) is 35.6. The lowest BCUT2D eigenvalue weighted by Crippen LogP contribution is -2.01. The van der Waals surface area contributed by atoms with E-state index in [0.29, 0.717) is 17.5 Å². The summed E-state index contributed by atoms with van der Waals surface area (Å²) >= 11 is 0. The van der Waals surface area contributed by atoms with E-state index in [2.05, 4.69) is 108 Å². The lowest BCUT2D eigenvalue weighted by molar-refractivity contribution is 0.669. The monoisotopic (exact) mass is 690 g/mol. The third-order valence-electron chi connectivity index (χ3n) is 10.4.